The predicted octanol–water partition coefficient (Wildman–Crippen LogP) is 4.68. The topological polar surface area (TPSA) is 68.8 Å². The van der Waals surface area contributed by atoms with Crippen molar-refractivity contribution in [1.29, 1.82) is 0 Å². The molecule has 186 valence electrons. The lowest BCUT2D eigenvalue weighted by Crippen LogP contribution is -2.42. The Hall–Kier alpha value is -2.77. The summed E-state index contributed by atoms with van der Waals surface area (Å²) in [4.78, 5) is 37.3. The van der Waals surface area contributed by atoms with E-state index in [0.29, 0.717) is 29.3 Å². The fourth-order valence-corrected chi connectivity index (χ4v) is 5.74. The number of hydrogen-bond donors (Lipinski definition) is 1. The van der Waals surface area contributed by atoms with Crippen LogP contribution in [0.1, 0.15) is 61.7 Å². The molecule has 1 N–H and O–H groups in total. The highest BCUT2D eigenvalue weighted by Gasteiger charge is 2.31. The number of nitrogens with one attached hydrogen (secondary N) is 1. The number of amides is 2. The molecule has 7 heteroatoms. The van der Waals surface area contributed by atoms with E-state index >= 15 is 0 Å². The summed E-state index contributed by atoms with van der Waals surface area (Å²) in [5.74, 6) is 0.991. The molecular weight excluding hydrogens is 438 g/mol. The van der Waals surface area contributed by atoms with Gasteiger partial charge in [0.15, 0.2) is 5.82 Å². The molecule has 2 amide bonds. The molecule has 1 aromatic heterocycles. The van der Waals surface area contributed by atoms with Crippen LogP contribution in [0.3, 0.4) is 0 Å². The molecule has 2 fully saturated rings. The Bertz CT molecular complexity index is 1030. The van der Waals surface area contributed by atoms with Crippen LogP contribution in [0.5, 0.6) is 0 Å². The average Bonchev–Trinajstić information content (AvgIpc) is 3.02. The Labute approximate surface area is 208 Å². The maximum atomic E-state index is 13.6. The number of pyridine rings is 1. The summed E-state index contributed by atoms with van der Waals surface area (Å²) in [5.41, 5.74) is 1.64. The van der Waals surface area contributed by atoms with Crippen molar-refractivity contribution >= 4 is 29.0 Å². The van der Waals surface area contributed by atoms with Crippen molar-refractivity contribution in [2.24, 2.45) is 5.92 Å². The van der Waals surface area contributed by atoms with Crippen molar-refractivity contribution in [3.8, 4) is 0 Å². The Morgan fingerprint density at radius 1 is 0.943 bits per heavy atom. The van der Waals surface area contributed by atoms with Crippen molar-refractivity contribution < 1.29 is 9.59 Å². The molecular formula is C28H37N5O2. The Balaban J connectivity index is 1.16. The number of carbonyl (C=O) groups excluding carboxylic acids is 2. The van der Waals surface area contributed by atoms with Gasteiger partial charge in [0.2, 0.25) is 5.91 Å². The third kappa shape index (κ3) is 5.73. The summed E-state index contributed by atoms with van der Waals surface area (Å²) in [6.07, 6.45) is 12.0. The Morgan fingerprint density at radius 3 is 2.57 bits per heavy atom. The molecule has 0 saturated carbocycles. The lowest BCUT2D eigenvalue weighted by Gasteiger charge is -2.33. The van der Waals surface area contributed by atoms with Gasteiger partial charge < -0.3 is 10.2 Å². The summed E-state index contributed by atoms with van der Waals surface area (Å²) in [5, 5.41) is 2.91. The largest absolute Gasteiger partial charge is 0.319 e. The number of nitrogens with zero attached hydrogens (tertiary/aromatic N) is 4. The standard InChI is InChI=1S/C28H37N5O2/c34-26(21-32-19-13-22(14-20-32)9-4-7-18-31-16-5-1-6-17-31)33-25-12-3-2-10-23(25)28(35)30-24-11-8-15-29-27(24)33/h2-3,8,10-12,15,22H,1,4-7,9,13-14,16-21H2,(H,30,35). The van der Waals surface area contributed by atoms with Gasteiger partial charge in [-0.25, -0.2) is 4.98 Å². The molecule has 1 aromatic carbocycles. The molecule has 0 unspecified atom stereocenters. The monoisotopic (exact) mass is 475 g/mol. The fraction of sp³-hybridized carbons (Fsp3) is 0.536. The number of hydrogen-bond acceptors (Lipinski definition) is 5. The van der Waals surface area contributed by atoms with E-state index in [0.717, 1.165) is 31.8 Å². The van der Waals surface area contributed by atoms with Crippen LogP contribution in [-0.2, 0) is 4.79 Å². The van der Waals surface area contributed by atoms with Crippen molar-refractivity contribution in [2.75, 3.05) is 49.5 Å². The van der Waals surface area contributed by atoms with Gasteiger partial charge in [0.25, 0.3) is 5.91 Å². The van der Waals surface area contributed by atoms with Crippen LogP contribution < -0.4 is 10.2 Å². The molecule has 2 saturated heterocycles. The molecule has 0 radical (unpaired) electrons. The first-order valence-electron chi connectivity index (χ1n) is 13.3. The van der Waals surface area contributed by atoms with Crippen LogP contribution in [0.25, 0.3) is 0 Å². The van der Waals surface area contributed by atoms with Gasteiger partial charge in [-0.3, -0.25) is 19.4 Å². The molecule has 0 atom stereocenters. The van der Waals surface area contributed by atoms with Crippen LogP contribution in [0.2, 0.25) is 0 Å². The normalized spacial score (nSPS) is 19.5. The second kappa shape index (κ2) is 11.3. The second-order valence-electron chi connectivity index (χ2n) is 10.2. The molecule has 7 nitrogen and oxygen atoms in total. The minimum atomic E-state index is -0.216. The number of aromatic nitrogens is 1. The van der Waals surface area contributed by atoms with Gasteiger partial charge in [0.05, 0.1) is 23.5 Å². The fourth-order valence-electron chi connectivity index (χ4n) is 5.74. The van der Waals surface area contributed by atoms with Crippen LogP contribution in [0, 0.1) is 5.92 Å². The molecule has 3 aliphatic heterocycles. The van der Waals surface area contributed by atoms with Crippen LogP contribution >= 0.6 is 0 Å². The number of benzene rings is 1. The van der Waals surface area contributed by atoms with Gasteiger partial charge in [-0.1, -0.05) is 31.4 Å². The minimum Gasteiger partial charge on any atom is -0.319 e. The molecule has 0 spiro atoms. The predicted molar refractivity (Wildman–Crippen MR) is 139 cm³/mol. The summed E-state index contributed by atoms with van der Waals surface area (Å²) < 4.78 is 0. The highest BCUT2D eigenvalue weighted by atomic mass is 16.2. The minimum absolute atomic E-state index is 0.0473. The molecule has 2 aromatic rings. The zero-order valence-corrected chi connectivity index (χ0v) is 20.6. The lowest BCUT2D eigenvalue weighted by molar-refractivity contribution is -0.119. The van der Waals surface area contributed by atoms with E-state index in [4.69, 9.17) is 0 Å². The number of anilines is 3. The van der Waals surface area contributed by atoms with Crippen LogP contribution in [0.4, 0.5) is 17.2 Å². The Morgan fingerprint density at radius 2 is 1.74 bits per heavy atom. The van der Waals surface area contributed by atoms with E-state index in [1.54, 1.807) is 29.3 Å². The van der Waals surface area contributed by atoms with E-state index in [2.05, 4.69) is 20.1 Å². The van der Waals surface area contributed by atoms with E-state index in [1.165, 1.54) is 58.2 Å². The van der Waals surface area contributed by atoms with Gasteiger partial charge in [0, 0.05) is 6.20 Å². The maximum absolute atomic E-state index is 13.6. The molecule has 4 heterocycles. The van der Waals surface area contributed by atoms with Gasteiger partial charge in [-0.2, -0.15) is 0 Å². The van der Waals surface area contributed by atoms with Gasteiger partial charge in [-0.05, 0) is 95.0 Å². The van der Waals surface area contributed by atoms with E-state index in [9.17, 15) is 9.59 Å². The number of piperidine rings is 2. The first kappa shape index (κ1) is 23.9. The SMILES string of the molecule is O=C1Nc2cccnc2N(C(=O)CN2CCC(CCCCN3CCCCC3)CC2)c2ccccc21. The Kier molecular flexibility index (Phi) is 7.74. The number of rotatable bonds is 7. The summed E-state index contributed by atoms with van der Waals surface area (Å²) in [6, 6.07) is 10.8. The average molecular weight is 476 g/mol. The highest BCUT2D eigenvalue weighted by molar-refractivity contribution is 6.17. The number of likely N-dealkylation sites (tertiary alicyclic amines) is 2. The van der Waals surface area contributed by atoms with Crippen LogP contribution in [0.15, 0.2) is 42.6 Å². The zero-order valence-electron chi connectivity index (χ0n) is 20.6. The maximum Gasteiger partial charge on any atom is 0.257 e. The zero-order chi connectivity index (χ0) is 24.0. The number of para-hydroxylation sites is 1. The van der Waals surface area contributed by atoms with Crippen molar-refractivity contribution in [1.82, 2.24) is 14.8 Å². The lowest BCUT2D eigenvalue weighted by atomic mass is 9.91. The number of fused-ring (bicyclic) bond motifs is 2. The number of carbonyl (C=O) groups is 2. The summed E-state index contributed by atoms with van der Waals surface area (Å²) in [6.45, 7) is 6.07. The van der Waals surface area contributed by atoms with Crippen LogP contribution in [-0.4, -0.2) is 65.9 Å². The second-order valence-corrected chi connectivity index (χ2v) is 10.2. The first-order valence-corrected chi connectivity index (χ1v) is 13.3. The summed E-state index contributed by atoms with van der Waals surface area (Å²) in [7, 11) is 0. The third-order valence-corrected chi connectivity index (χ3v) is 7.74. The van der Waals surface area contributed by atoms with Gasteiger partial charge in [-0.15, -0.1) is 0 Å². The van der Waals surface area contributed by atoms with E-state index in [-0.39, 0.29) is 11.8 Å². The molecule has 35 heavy (non-hydrogen) atoms. The van der Waals surface area contributed by atoms with Crippen molar-refractivity contribution in [3.63, 3.8) is 0 Å². The summed E-state index contributed by atoms with van der Waals surface area (Å²) >= 11 is 0. The van der Waals surface area contributed by atoms with E-state index < -0.39 is 0 Å². The first-order chi connectivity index (χ1) is 17.2. The molecule has 5 rings (SSSR count). The highest BCUT2D eigenvalue weighted by Crippen LogP contribution is 2.36. The van der Waals surface area contributed by atoms with Gasteiger partial charge >= 0.3 is 0 Å². The smallest absolute Gasteiger partial charge is 0.257 e. The molecule has 0 aliphatic carbocycles. The van der Waals surface area contributed by atoms with Gasteiger partial charge in [0.1, 0.15) is 0 Å². The third-order valence-electron chi connectivity index (χ3n) is 7.74. The molecule has 0 bridgehead atoms. The number of unbranched alkanes of at least 4 members (excludes halogenated alkanes) is 1. The van der Waals surface area contributed by atoms with Crippen molar-refractivity contribution in [2.45, 2.75) is 51.4 Å². The molecule has 3 aliphatic rings. The van der Waals surface area contributed by atoms with Crippen molar-refractivity contribution in [3.05, 3.63) is 48.2 Å². The quantitative estimate of drug-likeness (QED) is 0.589. The van der Waals surface area contributed by atoms with E-state index in [1.807, 2.05) is 18.2 Å².